The summed E-state index contributed by atoms with van der Waals surface area (Å²) in [6, 6.07) is 11.9. The number of nitrogens with one attached hydrogen (secondary N) is 2. The predicted octanol–water partition coefficient (Wildman–Crippen LogP) is 2.53. The Morgan fingerprint density at radius 3 is 2.60 bits per heavy atom. The van der Waals surface area contributed by atoms with E-state index >= 15 is 0 Å². The maximum atomic E-state index is 12.8. The SMILES string of the molecule is CC1CCC2(CC1)NC(=O)N(NC(=O)COC(=O)c1cccc3ccccc13)C2=O. The first kappa shape index (κ1) is 19.9. The Hall–Kier alpha value is -3.42. The molecular formula is C22H23N3O5. The number of imide groups is 1. The van der Waals surface area contributed by atoms with E-state index in [2.05, 4.69) is 17.7 Å². The topological polar surface area (TPSA) is 105 Å². The fourth-order valence-electron chi connectivity index (χ4n) is 4.08. The maximum absolute atomic E-state index is 12.8. The van der Waals surface area contributed by atoms with Crippen LogP contribution in [0.2, 0.25) is 0 Å². The van der Waals surface area contributed by atoms with Crippen molar-refractivity contribution in [1.82, 2.24) is 15.8 Å². The lowest BCUT2D eigenvalue weighted by atomic mass is 9.77. The van der Waals surface area contributed by atoms with E-state index in [4.69, 9.17) is 4.74 Å². The highest BCUT2D eigenvalue weighted by Gasteiger charge is 2.52. The molecule has 1 heterocycles. The molecule has 2 N–H and O–H groups in total. The van der Waals surface area contributed by atoms with Gasteiger partial charge in [0.2, 0.25) is 0 Å². The minimum Gasteiger partial charge on any atom is -0.452 e. The highest BCUT2D eigenvalue weighted by atomic mass is 16.5. The normalized spacial score (nSPS) is 23.5. The first-order valence-corrected chi connectivity index (χ1v) is 10.0. The molecule has 0 bridgehead atoms. The lowest BCUT2D eigenvalue weighted by molar-refractivity contribution is -0.141. The molecule has 0 unspecified atom stereocenters. The van der Waals surface area contributed by atoms with Crippen LogP contribution in [0.3, 0.4) is 0 Å². The van der Waals surface area contributed by atoms with Crippen molar-refractivity contribution in [3.05, 3.63) is 48.0 Å². The maximum Gasteiger partial charge on any atom is 0.344 e. The van der Waals surface area contributed by atoms with Crippen molar-refractivity contribution < 1.29 is 23.9 Å². The molecule has 2 fully saturated rings. The molecule has 0 aromatic heterocycles. The van der Waals surface area contributed by atoms with Crippen LogP contribution >= 0.6 is 0 Å². The summed E-state index contributed by atoms with van der Waals surface area (Å²) in [6.07, 6.45) is 2.75. The molecule has 8 nitrogen and oxygen atoms in total. The Morgan fingerprint density at radius 2 is 1.83 bits per heavy atom. The molecule has 0 radical (unpaired) electrons. The first-order valence-electron chi connectivity index (χ1n) is 10.0. The van der Waals surface area contributed by atoms with Crippen LogP contribution in [0.5, 0.6) is 0 Å². The number of amides is 4. The molecule has 8 heteroatoms. The average molecular weight is 409 g/mol. The third kappa shape index (κ3) is 3.60. The van der Waals surface area contributed by atoms with Gasteiger partial charge in [0.25, 0.3) is 11.8 Å². The highest BCUT2D eigenvalue weighted by molar-refractivity contribution is 6.08. The summed E-state index contributed by atoms with van der Waals surface area (Å²) < 4.78 is 5.11. The van der Waals surface area contributed by atoms with Crippen molar-refractivity contribution in [2.24, 2.45) is 5.92 Å². The van der Waals surface area contributed by atoms with E-state index in [0.29, 0.717) is 34.7 Å². The van der Waals surface area contributed by atoms with Crippen LogP contribution in [-0.2, 0) is 14.3 Å². The van der Waals surface area contributed by atoms with Crippen LogP contribution in [0.15, 0.2) is 42.5 Å². The number of carbonyl (C=O) groups is 4. The molecule has 1 aliphatic heterocycles. The molecule has 4 rings (SSSR count). The van der Waals surface area contributed by atoms with Crippen LogP contribution in [0.1, 0.15) is 43.0 Å². The molecule has 1 spiro atoms. The van der Waals surface area contributed by atoms with E-state index < -0.39 is 36.0 Å². The summed E-state index contributed by atoms with van der Waals surface area (Å²) in [4.78, 5) is 49.7. The smallest absolute Gasteiger partial charge is 0.344 e. The van der Waals surface area contributed by atoms with E-state index in [-0.39, 0.29) is 0 Å². The monoisotopic (exact) mass is 409 g/mol. The Bertz CT molecular complexity index is 1020. The number of hydrazine groups is 1. The molecule has 1 saturated carbocycles. The molecule has 156 valence electrons. The summed E-state index contributed by atoms with van der Waals surface area (Å²) in [6.45, 7) is 1.50. The first-order chi connectivity index (χ1) is 14.4. The fraction of sp³-hybridized carbons (Fsp3) is 0.364. The zero-order chi connectivity index (χ0) is 21.3. The van der Waals surface area contributed by atoms with Gasteiger partial charge >= 0.3 is 12.0 Å². The molecular weight excluding hydrogens is 386 g/mol. The molecule has 2 aromatic carbocycles. The van der Waals surface area contributed by atoms with Crippen LogP contribution in [0.25, 0.3) is 10.8 Å². The molecule has 1 saturated heterocycles. The number of fused-ring (bicyclic) bond motifs is 1. The molecule has 2 aliphatic rings. The number of esters is 1. The standard InChI is InChI=1S/C22H23N3O5/c1-14-9-11-22(12-10-14)20(28)25(21(29)23-22)24-18(26)13-30-19(27)17-8-4-6-15-5-2-3-7-16(15)17/h2-8,14H,9-13H2,1H3,(H,23,29)(H,24,26). The van der Waals surface area contributed by atoms with Gasteiger partial charge in [-0.3, -0.25) is 15.0 Å². The number of carbonyl (C=O) groups excluding carboxylic acids is 4. The quantitative estimate of drug-likeness (QED) is 0.596. The number of rotatable bonds is 4. The van der Waals surface area contributed by atoms with Crippen LogP contribution in [0.4, 0.5) is 4.79 Å². The van der Waals surface area contributed by atoms with Crippen LogP contribution < -0.4 is 10.7 Å². The summed E-state index contributed by atoms with van der Waals surface area (Å²) >= 11 is 0. The van der Waals surface area contributed by atoms with Gasteiger partial charge in [-0.25, -0.2) is 9.59 Å². The second-order valence-electron chi connectivity index (χ2n) is 7.97. The Kier molecular flexibility index (Phi) is 5.15. The van der Waals surface area contributed by atoms with E-state index in [0.717, 1.165) is 18.2 Å². The third-order valence-corrected chi connectivity index (χ3v) is 5.87. The number of hydrogen-bond acceptors (Lipinski definition) is 5. The third-order valence-electron chi connectivity index (χ3n) is 5.87. The highest BCUT2D eigenvalue weighted by Crippen LogP contribution is 2.35. The summed E-state index contributed by atoms with van der Waals surface area (Å²) in [5.41, 5.74) is 1.65. The second kappa shape index (κ2) is 7.78. The lowest BCUT2D eigenvalue weighted by Gasteiger charge is -2.33. The Balaban J connectivity index is 1.37. The van der Waals surface area contributed by atoms with Gasteiger partial charge in [0.05, 0.1) is 5.56 Å². The van der Waals surface area contributed by atoms with Crippen molar-refractivity contribution in [1.29, 1.82) is 0 Å². The number of ether oxygens (including phenoxy) is 1. The molecule has 2 aromatic rings. The van der Waals surface area contributed by atoms with Gasteiger partial charge in [0.15, 0.2) is 6.61 Å². The van der Waals surface area contributed by atoms with E-state index in [9.17, 15) is 19.2 Å². The van der Waals surface area contributed by atoms with Gasteiger partial charge in [-0.2, -0.15) is 5.01 Å². The lowest BCUT2D eigenvalue weighted by Crippen LogP contribution is -2.52. The average Bonchev–Trinajstić information content (AvgIpc) is 2.98. The van der Waals surface area contributed by atoms with E-state index in [1.165, 1.54) is 0 Å². The number of benzene rings is 2. The van der Waals surface area contributed by atoms with Crippen LogP contribution in [-0.4, -0.2) is 41.0 Å². The summed E-state index contributed by atoms with van der Waals surface area (Å²) in [5, 5.41) is 5.01. The van der Waals surface area contributed by atoms with E-state index in [1.54, 1.807) is 18.2 Å². The van der Waals surface area contributed by atoms with Crippen molar-refractivity contribution in [3.63, 3.8) is 0 Å². The molecule has 4 amide bonds. The van der Waals surface area contributed by atoms with Gasteiger partial charge in [-0.1, -0.05) is 43.3 Å². The van der Waals surface area contributed by atoms with Crippen LogP contribution in [0, 0.1) is 5.92 Å². The Morgan fingerprint density at radius 1 is 1.13 bits per heavy atom. The zero-order valence-corrected chi connectivity index (χ0v) is 16.6. The van der Waals surface area contributed by atoms with Crippen molar-refractivity contribution in [2.45, 2.75) is 38.1 Å². The largest absolute Gasteiger partial charge is 0.452 e. The van der Waals surface area contributed by atoms with Gasteiger partial charge in [-0.15, -0.1) is 0 Å². The van der Waals surface area contributed by atoms with E-state index in [1.807, 2.05) is 24.3 Å². The number of hydrogen-bond donors (Lipinski definition) is 2. The van der Waals surface area contributed by atoms with Crippen molar-refractivity contribution in [3.8, 4) is 0 Å². The molecule has 30 heavy (non-hydrogen) atoms. The Labute approximate surface area is 173 Å². The molecule has 0 atom stereocenters. The van der Waals surface area contributed by atoms with Gasteiger partial charge in [0, 0.05) is 0 Å². The minimum absolute atomic E-state index is 0.339. The van der Waals surface area contributed by atoms with Gasteiger partial charge in [-0.05, 0) is 48.4 Å². The minimum atomic E-state index is -0.948. The zero-order valence-electron chi connectivity index (χ0n) is 16.6. The number of nitrogens with zero attached hydrogens (tertiary/aromatic N) is 1. The van der Waals surface area contributed by atoms with Crippen molar-refractivity contribution >= 4 is 34.6 Å². The fourth-order valence-corrected chi connectivity index (χ4v) is 4.08. The second-order valence-corrected chi connectivity index (χ2v) is 7.97. The van der Waals surface area contributed by atoms with Gasteiger partial charge in [0.1, 0.15) is 5.54 Å². The number of urea groups is 1. The predicted molar refractivity (Wildman–Crippen MR) is 108 cm³/mol. The summed E-state index contributed by atoms with van der Waals surface area (Å²) in [7, 11) is 0. The van der Waals surface area contributed by atoms with Gasteiger partial charge < -0.3 is 10.1 Å². The van der Waals surface area contributed by atoms with Crippen molar-refractivity contribution in [2.75, 3.05) is 6.61 Å². The molecule has 1 aliphatic carbocycles. The summed E-state index contributed by atoms with van der Waals surface area (Å²) in [5.74, 6) is -1.38.